The van der Waals surface area contributed by atoms with Gasteiger partial charge >= 0.3 is 0 Å². The fourth-order valence-electron chi connectivity index (χ4n) is 3.36. The molecule has 0 aliphatic carbocycles. The molecule has 0 spiro atoms. The number of piperidine rings is 1. The Morgan fingerprint density at radius 2 is 1.77 bits per heavy atom. The summed E-state index contributed by atoms with van der Waals surface area (Å²) in [4.78, 5) is 29.3. The van der Waals surface area contributed by atoms with Gasteiger partial charge in [0.25, 0.3) is 5.91 Å². The fraction of sp³-hybridized carbons (Fsp3) is 0.529. The van der Waals surface area contributed by atoms with Gasteiger partial charge in [0.2, 0.25) is 5.91 Å². The van der Waals surface area contributed by atoms with Crippen LogP contribution in [-0.4, -0.2) is 59.9 Å². The van der Waals surface area contributed by atoms with E-state index in [1.54, 1.807) is 19.1 Å². The maximum Gasteiger partial charge on any atom is 0.251 e. The van der Waals surface area contributed by atoms with Crippen LogP contribution in [0.3, 0.4) is 0 Å². The summed E-state index contributed by atoms with van der Waals surface area (Å²) >= 11 is 0. The van der Waals surface area contributed by atoms with Crippen molar-refractivity contribution in [3.05, 3.63) is 35.9 Å². The first kappa shape index (κ1) is 15.0. The van der Waals surface area contributed by atoms with Gasteiger partial charge in [-0.2, -0.15) is 0 Å². The van der Waals surface area contributed by atoms with Crippen molar-refractivity contribution in [2.75, 3.05) is 26.2 Å². The molecule has 0 unspecified atom stereocenters. The number of hydrogen-bond acceptors (Lipinski definition) is 3. The van der Waals surface area contributed by atoms with Crippen molar-refractivity contribution in [2.45, 2.75) is 31.8 Å². The van der Waals surface area contributed by atoms with Crippen LogP contribution in [0.25, 0.3) is 0 Å². The Kier molecular flexibility index (Phi) is 4.43. The Labute approximate surface area is 131 Å². The lowest BCUT2D eigenvalue weighted by molar-refractivity contribution is -0.134. The predicted molar refractivity (Wildman–Crippen MR) is 84.5 cm³/mol. The highest BCUT2D eigenvalue weighted by molar-refractivity contribution is 5.97. The molecule has 1 N–H and O–H groups in total. The molecule has 5 heteroatoms. The van der Waals surface area contributed by atoms with Gasteiger partial charge in [0.15, 0.2) is 0 Å². The standard InChI is InChI=1S/C17H23N3O2/c1-13(18-16(21)14-5-3-2-4-6-14)17(22)20-12-11-19-9-7-15(20)8-10-19/h2-6,13,15H,7-12H2,1H3,(H,18,21)/t13-/m1/s1. The van der Waals surface area contributed by atoms with Crippen LogP contribution in [-0.2, 0) is 4.79 Å². The first-order valence-corrected chi connectivity index (χ1v) is 8.04. The highest BCUT2D eigenvalue weighted by atomic mass is 16.2. The van der Waals surface area contributed by atoms with Gasteiger partial charge in [-0.15, -0.1) is 0 Å². The zero-order valence-electron chi connectivity index (χ0n) is 13.0. The molecular weight excluding hydrogens is 278 g/mol. The molecule has 0 saturated carbocycles. The number of nitrogens with zero attached hydrogens (tertiary/aromatic N) is 2. The molecule has 3 fully saturated rings. The third kappa shape index (κ3) is 3.14. The molecule has 4 rings (SSSR count). The van der Waals surface area contributed by atoms with Gasteiger partial charge < -0.3 is 15.1 Å². The van der Waals surface area contributed by atoms with E-state index in [1.165, 1.54) is 0 Å². The maximum atomic E-state index is 12.7. The number of amides is 2. The smallest absolute Gasteiger partial charge is 0.251 e. The van der Waals surface area contributed by atoms with Gasteiger partial charge in [-0.25, -0.2) is 0 Å². The molecule has 3 heterocycles. The van der Waals surface area contributed by atoms with Crippen LogP contribution < -0.4 is 5.32 Å². The monoisotopic (exact) mass is 301 g/mol. The SMILES string of the molecule is C[C@@H](NC(=O)c1ccccc1)C(=O)N1CCN2CCC1CC2. The second-order valence-electron chi connectivity index (χ2n) is 6.17. The molecule has 3 saturated heterocycles. The minimum Gasteiger partial charge on any atom is -0.341 e. The van der Waals surface area contributed by atoms with Gasteiger partial charge in [-0.05, 0) is 31.9 Å². The van der Waals surface area contributed by atoms with Crippen molar-refractivity contribution in [1.82, 2.24) is 15.1 Å². The van der Waals surface area contributed by atoms with Crippen molar-refractivity contribution in [1.29, 1.82) is 0 Å². The zero-order valence-corrected chi connectivity index (χ0v) is 13.0. The third-order valence-electron chi connectivity index (χ3n) is 4.69. The number of nitrogens with one attached hydrogen (secondary N) is 1. The lowest BCUT2D eigenvalue weighted by Gasteiger charge is -2.33. The Bertz CT molecular complexity index is 538. The van der Waals surface area contributed by atoms with E-state index >= 15 is 0 Å². The lowest BCUT2D eigenvalue weighted by Crippen LogP contribution is -2.51. The van der Waals surface area contributed by atoms with E-state index in [9.17, 15) is 9.59 Å². The normalized spacial score (nSPS) is 25.4. The summed E-state index contributed by atoms with van der Waals surface area (Å²) in [6.45, 7) is 5.66. The predicted octanol–water partition coefficient (Wildman–Crippen LogP) is 1.11. The lowest BCUT2D eigenvalue weighted by atomic mass is 10.0. The summed E-state index contributed by atoms with van der Waals surface area (Å²) in [6, 6.07) is 8.88. The van der Waals surface area contributed by atoms with E-state index in [4.69, 9.17) is 0 Å². The van der Waals surface area contributed by atoms with E-state index < -0.39 is 6.04 Å². The zero-order chi connectivity index (χ0) is 15.5. The summed E-state index contributed by atoms with van der Waals surface area (Å²) in [6.07, 6.45) is 2.09. The van der Waals surface area contributed by atoms with Crippen molar-refractivity contribution in [3.63, 3.8) is 0 Å². The molecular formula is C17H23N3O2. The first-order chi connectivity index (χ1) is 10.6. The van der Waals surface area contributed by atoms with E-state index in [0.29, 0.717) is 11.6 Å². The van der Waals surface area contributed by atoms with E-state index in [0.717, 1.165) is 39.0 Å². The van der Waals surface area contributed by atoms with E-state index in [2.05, 4.69) is 10.2 Å². The Morgan fingerprint density at radius 1 is 1.09 bits per heavy atom. The summed E-state index contributed by atoms with van der Waals surface area (Å²) in [5, 5.41) is 2.83. The van der Waals surface area contributed by atoms with Crippen molar-refractivity contribution >= 4 is 11.8 Å². The van der Waals surface area contributed by atoms with Crippen LogP contribution in [0.4, 0.5) is 0 Å². The minimum absolute atomic E-state index is 0.0398. The fourth-order valence-corrected chi connectivity index (χ4v) is 3.36. The molecule has 3 aliphatic rings. The molecule has 118 valence electrons. The highest BCUT2D eigenvalue weighted by Gasteiger charge is 2.34. The quantitative estimate of drug-likeness (QED) is 0.910. The molecule has 3 aliphatic heterocycles. The average Bonchev–Trinajstić information content (AvgIpc) is 2.88. The van der Waals surface area contributed by atoms with E-state index in [-0.39, 0.29) is 11.8 Å². The van der Waals surface area contributed by atoms with Crippen LogP contribution in [0.1, 0.15) is 30.1 Å². The molecule has 2 bridgehead atoms. The van der Waals surface area contributed by atoms with Crippen LogP contribution in [0.2, 0.25) is 0 Å². The Balaban J connectivity index is 1.63. The molecule has 0 radical (unpaired) electrons. The average molecular weight is 301 g/mol. The van der Waals surface area contributed by atoms with Crippen LogP contribution in [0, 0.1) is 0 Å². The maximum absolute atomic E-state index is 12.7. The molecule has 2 amide bonds. The van der Waals surface area contributed by atoms with Crippen molar-refractivity contribution < 1.29 is 9.59 Å². The third-order valence-corrected chi connectivity index (χ3v) is 4.69. The van der Waals surface area contributed by atoms with Crippen LogP contribution >= 0.6 is 0 Å². The Morgan fingerprint density at radius 3 is 2.45 bits per heavy atom. The number of carbonyl (C=O) groups excluding carboxylic acids is 2. The van der Waals surface area contributed by atoms with Gasteiger partial charge in [0.05, 0.1) is 0 Å². The Hall–Kier alpha value is -1.88. The second-order valence-corrected chi connectivity index (χ2v) is 6.17. The van der Waals surface area contributed by atoms with Crippen LogP contribution in [0.15, 0.2) is 30.3 Å². The number of fused-ring (bicyclic) bond motifs is 4. The first-order valence-electron chi connectivity index (χ1n) is 8.04. The number of carbonyl (C=O) groups is 2. The van der Waals surface area contributed by atoms with Gasteiger partial charge in [-0.3, -0.25) is 9.59 Å². The summed E-state index contributed by atoms with van der Waals surface area (Å²) in [5.41, 5.74) is 0.588. The number of benzene rings is 1. The molecule has 5 nitrogen and oxygen atoms in total. The van der Waals surface area contributed by atoms with E-state index in [1.807, 2.05) is 23.1 Å². The molecule has 1 aromatic carbocycles. The number of rotatable bonds is 3. The summed E-state index contributed by atoms with van der Waals surface area (Å²) < 4.78 is 0. The largest absolute Gasteiger partial charge is 0.341 e. The minimum atomic E-state index is -0.486. The molecule has 1 atom stereocenters. The molecule has 1 aromatic rings. The summed E-state index contributed by atoms with van der Waals surface area (Å²) in [7, 11) is 0. The molecule has 0 aromatic heterocycles. The van der Waals surface area contributed by atoms with Crippen molar-refractivity contribution in [2.24, 2.45) is 0 Å². The van der Waals surface area contributed by atoms with Gasteiger partial charge in [-0.1, -0.05) is 18.2 Å². The molecule has 22 heavy (non-hydrogen) atoms. The van der Waals surface area contributed by atoms with Gasteiger partial charge in [0.1, 0.15) is 6.04 Å². The van der Waals surface area contributed by atoms with Crippen molar-refractivity contribution in [3.8, 4) is 0 Å². The summed E-state index contributed by atoms with van der Waals surface area (Å²) in [5.74, 6) is -0.151. The van der Waals surface area contributed by atoms with Gasteiger partial charge in [0, 0.05) is 37.8 Å². The second kappa shape index (κ2) is 6.48. The topological polar surface area (TPSA) is 52.7 Å². The highest BCUT2D eigenvalue weighted by Crippen LogP contribution is 2.21. The number of hydrogen-bond donors (Lipinski definition) is 1. The van der Waals surface area contributed by atoms with Crippen LogP contribution in [0.5, 0.6) is 0 Å².